The summed E-state index contributed by atoms with van der Waals surface area (Å²) in [5.41, 5.74) is -0.528. The molecule has 4 heteroatoms. The fourth-order valence-corrected chi connectivity index (χ4v) is 3.16. The van der Waals surface area contributed by atoms with Gasteiger partial charge in [0.2, 0.25) is 0 Å². The first-order chi connectivity index (χ1) is 7.52. The zero-order valence-corrected chi connectivity index (χ0v) is 11.3. The molecule has 0 amide bonds. The van der Waals surface area contributed by atoms with Crippen molar-refractivity contribution in [3.63, 3.8) is 0 Å². The van der Waals surface area contributed by atoms with Gasteiger partial charge < -0.3 is 10.4 Å². The molecular formula is C12H25NO2S. The molecule has 3 nitrogen and oxygen atoms in total. The van der Waals surface area contributed by atoms with Crippen LogP contribution in [-0.4, -0.2) is 39.5 Å². The molecule has 0 heterocycles. The molecule has 96 valence electrons. The van der Waals surface area contributed by atoms with E-state index in [-0.39, 0.29) is 6.04 Å². The van der Waals surface area contributed by atoms with E-state index in [2.05, 4.69) is 5.32 Å². The van der Waals surface area contributed by atoms with Gasteiger partial charge in [-0.3, -0.25) is 4.21 Å². The maximum atomic E-state index is 11.0. The van der Waals surface area contributed by atoms with Crippen LogP contribution in [0.25, 0.3) is 0 Å². The summed E-state index contributed by atoms with van der Waals surface area (Å²) < 4.78 is 11.0. The lowest BCUT2D eigenvalue weighted by atomic mass is 9.94. The maximum absolute atomic E-state index is 11.0. The van der Waals surface area contributed by atoms with Crippen molar-refractivity contribution < 1.29 is 9.32 Å². The van der Waals surface area contributed by atoms with Crippen LogP contribution in [0.5, 0.6) is 0 Å². The van der Waals surface area contributed by atoms with Gasteiger partial charge in [-0.2, -0.15) is 0 Å². The molecule has 0 saturated heterocycles. The highest BCUT2D eigenvalue weighted by Gasteiger charge is 2.27. The van der Waals surface area contributed by atoms with E-state index in [1.807, 2.05) is 6.92 Å². The first-order valence-corrected chi connectivity index (χ1v) is 8.00. The quantitative estimate of drug-likeness (QED) is 0.723. The molecule has 2 atom stereocenters. The average Bonchev–Trinajstić information content (AvgIpc) is 2.40. The molecule has 0 aliphatic heterocycles. The van der Waals surface area contributed by atoms with Crippen molar-refractivity contribution in [1.29, 1.82) is 0 Å². The van der Waals surface area contributed by atoms with Crippen molar-refractivity contribution in [3.8, 4) is 0 Å². The zero-order valence-electron chi connectivity index (χ0n) is 10.5. The molecule has 16 heavy (non-hydrogen) atoms. The van der Waals surface area contributed by atoms with E-state index in [4.69, 9.17) is 0 Å². The van der Waals surface area contributed by atoms with Gasteiger partial charge in [0.05, 0.1) is 5.60 Å². The molecule has 1 fully saturated rings. The molecule has 0 aromatic carbocycles. The van der Waals surface area contributed by atoms with E-state index in [0.717, 1.165) is 25.7 Å². The molecule has 1 aliphatic rings. The van der Waals surface area contributed by atoms with E-state index in [1.165, 1.54) is 12.8 Å². The molecule has 0 bridgehead atoms. The van der Waals surface area contributed by atoms with Crippen molar-refractivity contribution >= 4 is 10.8 Å². The van der Waals surface area contributed by atoms with Gasteiger partial charge in [-0.1, -0.05) is 25.7 Å². The first kappa shape index (κ1) is 14.1. The molecule has 0 aromatic heterocycles. The van der Waals surface area contributed by atoms with Crippen molar-refractivity contribution in [2.75, 3.05) is 18.6 Å². The van der Waals surface area contributed by atoms with Gasteiger partial charge in [0.25, 0.3) is 0 Å². The number of aliphatic hydroxyl groups is 1. The highest BCUT2D eigenvalue weighted by Crippen LogP contribution is 2.26. The predicted molar refractivity (Wildman–Crippen MR) is 69.0 cm³/mol. The van der Waals surface area contributed by atoms with Crippen LogP contribution >= 0.6 is 0 Å². The van der Waals surface area contributed by atoms with Gasteiger partial charge in [0.1, 0.15) is 0 Å². The molecule has 0 radical (unpaired) electrons. The summed E-state index contributed by atoms with van der Waals surface area (Å²) >= 11 is 0. The van der Waals surface area contributed by atoms with Gasteiger partial charge in [0, 0.05) is 35.4 Å². The van der Waals surface area contributed by atoms with Crippen molar-refractivity contribution in [1.82, 2.24) is 5.32 Å². The Morgan fingerprint density at radius 1 is 1.31 bits per heavy atom. The highest BCUT2D eigenvalue weighted by molar-refractivity contribution is 7.84. The van der Waals surface area contributed by atoms with Gasteiger partial charge in [-0.05, 0) is 19.8 Å². The van der Waals surface area contributed by atoms with E-state index >= 15 is 0 Å². The highest BCUT2D eigenvalue weighted by atomic mass is 32.2. The van der Waals surface area contributed by atoms with Crippen LogP contribution in [0.15, 0.2) is 0 Å². The van der Waals surface area contributed by atoms with Crippen LogP contribution < -0.4 is 5.32 Å². The lowest BCUT2D eigenvalue weighted by Gasteiger charge is -2.28. The third kappa shape index (κ3) is 5.41. The van der Waals surface area contributed by atoms with Crippen molar-refractivity contribution in [2.24, 2.45) is 0 Å². The SMILES string of the molecule is CC(CS(C)=O)NCC1(O)CCCCCC1. The van der Waals surface area contributed by atoms with Gasteiger partial charge in [-0.25, -0.2) is 0 Å². The Kier molecular flexibility index (Phi) is 5.94. The molecule has 1 rings (SSSR count). The van der Waals surface area contributed by atoms with Crippen molar-refractivity contribution in [3.05, 3.63) is 0 Å². The third-order valence-electron chi connectivity index (χ3n) is 3.30. The number of hydrogen-bond acceptors (Lipinski definition) is 3. The molecule has 2 N–H and O–H groups in total. The van der Waals surface area contributed by atoms with Gasteiger partial charge >= 0.3 is 0 Å². The summed E-state index contributed by atoms with van der Waals surface area (Å²) in [6, 6.07) is 0.220. The number of hydrogen-bond donors (Lipinski definition) is 2. The maximum Gasteiger partial charge on any atom is 0.0771 e. The summed E-state index contributed by atoms with van der Waals surface area (Å²) in [5.74, 6) is 0.663. The average molecular weight is 247 g/mol. The second-order valence-electron chi connectivity index (χ2n) is 5.16. The van der Waals surface area contributed by atoms with E-state index in [9.17, 15) is 9.32 Å². The second-order valence-corrected chi connectivity index (χ2v) is 6.64. The Labute approximate surface area is 101 Å². The Bertz CT molecular complexity index is 225. The van der Waals surface area contributed by atoms with Gasteiger partial charge in [-0.15, -0.1) is 0 Å². The topological polar surface area (TPSA) is 49.3 Å². The van der Waals surface area contributed by atoms with Crippen LogP contribution in [0.1, 0.15) is 45.4 Å². The lowest BCUT2D eigenvalue weighted by molar-refractivity contribution is 0.0237. The Morgan fingerprint density at radius 3 is 2.38 bits per heavy atom. The van der Waals surface area contributed by atoms with Crippen LogP contribution in [0.2, 0.25) is 0 Å². The van der Waals surface area contributed by atoms with E-state index in [1.54, 1.807) is 6.26 Å². The van der Waals surface area contributed by atoms with E-state index in [0.29, 0.717) is 12.3 Å². The normalized spacial score (nSPS) is 24.7. The van der Waals surface area contributed by atoms with Gasteiger partial charge in [0.15, 0.2) is 0 Å². The summed E-state index contributed by atoms with van der Waals surface area (Å²) in [6.45, 7) is 2.67. The van der Waals surface area contributed by atoms with Crippen LogP contribution in [0.4, 0.5) is 0 Å². The Balaban J connectivity index is 2.31. The summed E-state index contributed by atoms with van der Waals surface area (Å²) in [4.78, 5) is 0. The molecule has 1 saturated carbocycles. The molecular weight excluding hydrogens is 222 g/mol. The van der Waals surface area contributed by atoms with Crippen molar-refractivity contribution in [2.45, 2.75) is 57.1 Å². The molecule has 1 aliphatic carbocycles. The Morgan fingerprint density at radius 2 is 1.88 bits per heavy atom. The number of nitrogens with one attached hydrogen (secondary N) is 1. The lowest BCUT2D eigenvalue weighted by Crippen LogP contribution is -2.44. The summed E-state index contributed by atoms with van der Waals surface area (Å²) in [6.07, 6.45) is 8.29. The Hall–Kier alpha value is 0.0700. The van der Waals surface area contributed by atoms with Crippen LogP contribution in [0, 0.1) is 0 Å². The minimum absolute atomic E-state index is 0.220. The standard InChI is InChI=1S/C12H25NO2S/c1-11(9-16(2)15)13-10-12(14)7-5-3-4-6-8-12/h11,13-14H,3-10H2,1-2H3. The minimum Gasteiger partial charge on any atom is -0.389 e. The van der Waals surface area contributed by atoms with Crippen LogP contribution in [0.3, 0.4) is 0 Å². The predicted octanol–water partition coefficient (Wildman–Crippen LogP) is 1.43. The number of rotatable bonds is 5. The summed E-state index contributed by atoms with van der Waals surface area (Å²) in [5, 5.41) is 13.7. The molecule has 0 spiro atoms. The largest absolute Gasteiger partial charge is 0.389 e. The fraction of sp³-hybridized carbons (Fsp3) is 1.00. The van der Waals surface area contributed by atoms with E-state index < -0.39 is 16.4 Å². The fourth-order valence-electron chi connectivity index (χ4n) is 2.34. The smallest absolute Gasteiger partial charge is 0.0771 e. The summed E-state index contributed by atoms with van der Waals surface area (Å²) in [7, 11) is -0.763. The van der Waals surface area contributed by atoms with Crippen LogP contribution in [-0.2, 0) is 10.8 Å². The second kappa shape index (κ2) is 6.72. The first-order valence-electron chi connectivity index (χ1n) is 6.28. The third-order valence-corrected chi connectivity index (χ3v) is 4.27. The molecule has 0 aromatic rings. The molecule has 2 unspecified atom stereocenters. The zero-order chi connectivity index (χ0) is 12.0. The minimum atomic E-state index is -0.763. The monoisotopic (exact) mass is 247 g/mol.